The van der Waals surface area contributed by atoms with Gasteiger partial charge in [-0.3, -0.25) is 0 Å². The molecule has 0 amide bonds. The number of ether oxygens (including phenoxy) is 2. The fourth-order valence-corrected chi connectivity index (χ4v) is 3.35. The van der Waals surface area contributed by atoms with E-state index < -0.39 is 5.79 Å². The molecule has 0 aromatic rings. The Morgan fingerprint density at radius 3 is 2.16 bits per heavy atom. The summed E-state index contributed by atoms with van der Waals surface area (Å²) in [5.41, 5.74) is 1.67. The lowest BCUT2D eigenvalue weighted by Gasteiger charge is -2.41. The maximum Gasteiger partial charge on any atom is 0.165 e. The quantitative estimate of drug-likeness (QED) is 0.368. The van der Waals surface area contributed by atoms with Crippen molar-refractivity contribution in [2.24, 2.45) is 17.3 Å². The molecule has 2 heteroatoms. The van der Waals surface area contributed by atoms with Gasteiger partial charge in [-0.05, 0) is 44.9 Å². The Bertz CT molecular complexity index is 385. The minimum Gasteiger partial charge on any atom is -0.350 e. The summed E-state index contributed by atoms with van der Waals surface area (Å²) in [6.45, 7) is 17.4. The molecule has 25 heavy (non-hydrogen) atoms. The number of hydrogen-bond acceptors (Lipinski definition) is 2. The lowest BCUT2D eigenvalue weighted by molar-refractivity contribution is -0.291. The van der Waals surface area contributed by atoms with Gasteiger partial charge in [0.2, 0.25) is 0 Å². The summed E-state index contributed by atoms with van der Waals surface area (Å²) in [5.74, 6) is 1.33. The zero-order chi connectivity index (χ0) is 18.9. The molecule has 0 aromatic carbocycles. The van der Waals surface area contributed by atoms with E-state index in [0.29, 0.717) is 0 Å². The van der Waals surface area contributed by atoms with E-state index in [0.717, 1.165) is 37.9 Å². The maximum absolute atomic E-state index is 5.98. The van der Waals surface area contributed by atoms with Gasteiger partial charge >= 0.3 is 0 Å². The Labute approximate surface area is 157 Å². The lowest BCUT2D eigenvalue weighted by atomic mass is 9.93. The molecule has 1 aliphatic rings. The van der Waals surface area contributed by atoms with Crippen LogP contribution < -0.4 is 0 Å². The largest absolute Gasteiger partial charge is 0.350 e. The molecular formula is C23H44O2. The first kappa shape index (κ1) is 22.7. The van der Waals surface area contributed by atoms with Gasteiger partial charge in [-0.25, -0.2) is 0 Å². The van der Waals surface area contributed by atoms with Crippen LogP contribution in [0, 0.1) is 17.3 Å². The van der Waals surface area contributed by atoms with Crippen molar-refractivity contribution >= 4 is 0 Å². The first-order valence-corrected chi connectivity index (χ1v) is 10.6. The van der Waals surface area contributed by atoms with E-state index >= 15 is 0 Å². The highest BCUT2D eigenvalue weighted by Crippen LogP contribution is 2.32. The molecule has 1 rings (SSSR count). The third-order valence-corrected chi connectivity index (χ3v) is 5.37. The SMILES string of the molecule is CC(=CCCC1(C)OCC(C)(C)CO1)CCC[C@H](C)CCCC(C)C. The van der Waals surface area contributed by atoms with E-state index in [1.54, 1.807) is 0 Å². The molecule has 0 N–H and O–H groups in total. The van der Waals surface area contributed by atoms with Crippen molar-refractivity contribution in [1.82, 2.24) is 0 Å². The zero-order valence-corrected chi connectivity index (χ0v) is 18.1. The molecule has 0 aromatic heterocycles. The Morgan fingerprint density at radius 1 is 0.960 bits per heavy atom. The molecule has 0 aliphatic carbocycles. The predicted octanol–water partition coefficient (Wildman–Crippen LogP) is 7.13. The van der Waals surface area contributed by atoms with Gasteiger partial charge in [0, 0.05) is 11.8 Å². The summed E-state index contributed by atoms with van der Waals surface area (Å²) >= 11 is 0. The van der Waals surface area contributed by atoms with E-state index in [4.69, 9.17) is 9.47 Å². The Hall–Kier alpha value is -0.340. The van der Waals surface area contributed by atoms with Crippen LogP contribution in [0.25, 0.3) is 0 Å². The first-order valence-electron chi connectivity index (χ1n) is 10.6. The fourth-order valence-electron chi connectivity index (χ4n) is 3.35. The van der Waals surface area contributed by atoms with E-state index in [1.165, 1.54) is 44.1 Å². The van der Waals surface area contributed by atoms with Gasteiger partial charge in [-0.2, -0.15) is 0 Å². The number of allylic oxidation sites excluding steroid dienone is 2. The molecule has 0 spiro atoms. The van der Waals surface area contributed by atoms with Crippen LogP contribution >= 0.6 is 0 Å². The van der Waals surface area contributed by atoms with Gasteiger partial charge in [0.15, 0.2) is 5.79 Å². The molecule has 0 bridgehead atoms. The molecule has 148 valence electrons. The van der Waals surface area contributed by atoms with Gasteiger partial charge in [-0.15, -0.1) is 0 Å². The van der Waals surface area contributed by atoms with Crippen molar-refractivity contribution in [3.05, 3.63) is 11.6 Å². The number of rotatable bonds is 11. The summed E-state index contributed by atoms with van der Waals surface area (Å²) in [6.07, 6.45) is 12.5. The topological polar surface area (TPSA) is 18.5 Å². The highest BCUT2D eigenvalue weighted by molar-refractivity contribution is 4.98. The average molecular weight is 353 g/mol. The molecule has 1 fully saturated rings. The van der Waals surface area contributed by atoms with Crippen molar-refractivity contribution in [3.8, 4) is 0 Å². The molecule has 1 saturated heterocycles. The van der Waals surface area contributed by atoms with Gasteiger partial charge in [-0.1, -0.05) is 72.0 Å². The second kappa shape index (κ2) is 10.7. The molecule has 0 unspecified atom stereocenters. The molecule has 1 heterocycles. The van der Waals surface area contributed by atoms with Crippen LogP contribution in [0.15, 0.2) is 11.6 Å². The second-order valence-electron chi connectivity index (χ2n) is 9.79. The molecule has 0 radical (unpaired) electrons. The van der Waals surface area contributed by atoms with E-state index in [1.807, 2.05) is 0 Å². The summed E-state index contributed by atoms with van der Waals surface area (Å²) in [5, 5.41) is 0. The third-order valence-electron chi connectivity index (χ3n) is 5.37. The smallest absolute Gasteiger partial charge is 0.165 e. The van der Waals surface area contributed by atoms with Crippen molar-refractivity contribution in [2.45, 2.75) is 106 Å². The number of hydrogen-bond donors (Lipinski definition) is 0. The Morgan fingerprint density at radius 2 is 1.56 bits per heavy atom. The molecule has 1 atom stereocenters. The van der Waals surface area contributed by atoms with Crippen molar-refractivity contribution < 1.29 is 9.47 Å². The van der Waals surface area contributed by atoms with Crippen LogP contribution in [0.3, 0.4) is 0 Å². The maximum atomic E-state index is 5.98. The third kappa shape index (κ3) is 10.4. The standard InChI is InChI=1S/C23H44O2/c1-19(2)11-8-12-20(3)13-9-14-21(4)15-10-16-23(7)24-17-22(5,6)18-25-23/h15,19-20H,8-14,16-18H2,1-7H3/t20-/m1/s1. The van der Waals surface area contributed by atoms with Crippen LogP contribution in [-0.4, -0.2) is 19.0 Å². The van der Waals surface area contributed by atoms with Gasteiger partial charge in [0.25, 0.3) is 0 Å². The highest BCUT2D eigenvalue weighted by atomic mass is 16.7. The van der Waals surface area contributed by atoms with Crippen molar-refractivity contribution in [3.63, 3.8) is 0 Å². The normalized spacial score (nSPS) is 21.5. The van der Waals surface area contributed by atoms with Gasteiger partial charge in [0.1, 0.15) is 0 Å². The van der Waals surface area contributed by atoms with E-state index in [9.17, 15) is 0 Å². The lowest BCUT2D eigenvalue weighted by Crippen LogP contribution is -2.45. The van der Waals surface area contributed by atoms with Gasteiger partial charge in [0.05, 0.1) is 13.2 Å². The molecule has 0 saturated carbocycles. The Kier molecular flexibility index (Phi) is 9.74. The fraction of sp³-hybridized carbons (Fsp3) is 0.913. The first-order chi connectivity index (χ1) is 11.6. The van der Waals surface area contributed by atoms with Crippen LogP contribution in [0.1, 0.15) is 99.8 Å². The van der Waals surface area contributed by atoms with E-state index in [-0.39, 0.29) is 5.41 Å². The van der Waals surface area contributed by atoms with Crippen molar-refractivity contribution in [2.75, 3.05) is 13.2 Å². The molecule has 1 aliphatic heterocycles. The highest BCUT2D eigenvalue weighted by Gasteiger charge is 2.36. The van der Waals surface area contributed by atoms with Crippen LogP contribution in [0.5, 0.6) is 0 Å². The van der Waals surface area contributed by atoms with Crippen LogP contribution in [-0.2, 0) is 9.47 Å². The summed E-state index contributed by atoms with van der Waals surface area (Å²) in [6, 6.07) is 0. The monoisotopic (exact) mass is 352 g/mol. The molecular weight excluding hydrogens is 308 g/mol. The summed E-state index contributed by atoms with van der Waals surface area (Å²) in [7, 11) is 0. The minimum atomic E-state index is -0.392. The predicted molar refractivity (Wildman–Crippen MR) is 109 cm³/mol. The summed E-state index contributed by atoms with van der Waals surface area (Å²) in [4.78, 5) is 0. The Balaban J connectivity index is 2.15. The summed E-state index contributed by atoms with van der Waals surface area (Å²) < 4.78 is 12.0. The van der Waals surface area contributed by atoms with Crippen LogP contribution in [0.4, 0.5) is 0 Å². The van der Waals surface area contributed by atoms with Crippen molar-refractivity contribution in [1.29, 1.82) is 0 Å². The average Bonchev–Trinajstić information content (AvgIpc) is 2.50. The zero-order valence-electron chi connectivity index (χ0n) is 18.1. The minimum absolute atomic E-state index is 0.150. The van der Waals surface area contributed by atoms with Crippen LogP contribution in [0.2, 0.25) is 0 Å². The van der Waals surface area contributed by atoms with Gasteiger partial charge < -0.3 is 9.47 Å². The second-order valence-corrected chi connectivity index (χ2v) is 9.79. The van der Waals surface area contributed by atoms with E-state index in [2.05, 4.69) is 54.5 Å². The molecule has 2 nitrogen and oxygen atoms in total.